The number of carbonyl (C=O) groups is 2. The second kappa shape index (κ2) is 13.0. The molecule has 2 aromatic carbocycles. The Labute approximate surface area is 216 Å². The number of benzene rings is 2. The number of ether oxygens (including phenoxy) is 1. The van der Waals surface area contributed by atoms with Crippen molar-refractivity contribution in [1.82, 2.24) is 15.1 Å². The molecular weight excluding hydrogens is 474 g/mol. The van der Waals surface area contributed by atoms with Crippen molar-refractivity contribution in [2.75, 3.05) is 53.4 Å². The molecule has 0 unspecified atom stereocenters. The summed E-state index contributed by atoms with van der Waals surface area (Å²) in [6, 6.07) is 9.80. The quantitative estimate of drug-likeness (QED) is 0.266. The molecule has 9 heteroatoms. The number of rotatable bonds is 13. The molecule has 1 heterocycles. The first-order chi connectivity index (χ1) is 17.8. The van der Waals surface area contributed by atoms with Crippen LogP contribution in [-0.2, 0) is 0 Å². The van der Waals surface area contributed by atoms with Gasteiger partial charge in [-0.25, -0.2) is 4.79 Å². The number of hydrogen-bond acceptors (Lipinski definition) is 8. The predicted octanol–water partition coefficient (Wildman–Crippen LogP) is 3.38. The Morgan fingerprint density at radius 3 is 2.46 bits per heavy atom. The van der Waals surface area contributed by atoms with Gasteiger partial charge in [-0.2, -0.15) is 0 Å². The first-order valence-electron chi connectivity index (χ1n) is 12.5. The van der Waals surface area contributed by atoms with Crippen molar-refractivity contribution in [2.45, 2.75) is 20.3 Å². The number of amides is 1. The van der Waals surface area contributed by atoms with Crippen LogP contribution in [0.4, 0.5) is 0 Å². The number of likely N-dealkylation sites (N-methyl/N-ethyl adjacent to an activating group) is 2. The van der Waals surface area contributed by atoms with E-state index in [1.54, 1.807) is 36.4 Å². The number of nitrogens with zero attached hydrogens (tertiary/aromatic N) is 2. The molecule has 198 valence electrons. The molecule has 37 heavy (non-hydrogen) atoms. The van der Waals surface area contributed by atoms with E-state index in [-0.39, 0.29) is 34.1 Å². The zero-order chi connectivity index (χ0) is 26.9. The molecule has 0 aliphatic rings. The molecule has 0 radical (unpaired) electrons. The van der Waals surface area contributed by atoms with Crippen LogP contribution in [0.5, 0.6) is 11.5 Å². The zero-order valence-corrected chi connectivity index (χ0v) is 21.9. The molecule has 3 aromatic rings. The van der Waals surface area contributed by atoms with Crippen LogP contribution in [-0.4, -0.2) is 80.5 Å². The van der Waals surface area contributed by atoms with E-state index in [9.17, 15) is 19.5 Å². The summed E-state index contributed by atoms with van der Waals surface area (Å²) in [5.41, 5.74) is 0.485. The molecule has 0 aliphatic heterocycles. The highest BCUT2D eigenvalue weighted by Crippen LogP contribution is 2.36. The molecule has 0 saturated carbocycles. The van der Waals surface area contributed by atoms with E-state index in [1.165, 1.54) is 0 Å². The first-order valence-corrected chi connectivity index (χ1v) is 12.5. The highest BCUT2D eigenvalue weighted by atomic mass is 16.5. The van der Waals surface area contributed by atoms with Crippen molar-refractivity contribution in [2.24, 2.45) is 0 Å². The van der Waals surface area contributed by atoms with E-state index in [0.717, 1.165) is 26.1 Å². The van der Waals surface area contributed by atoms with Gasteiger partial charge in [-0.05, 0) is 63.4 Å². The topological polar surface area (TPSA) is 112 Å². The average Bonchev–Trinajstić information content (AvgIpc) is 2.88. The number of aldehydes is 1. The normalized spacial score (nSPS) is 11.3. The maximum absolute atomic E-state index is 12.8. The molecule has 3 rings (SSSR count). The van der Waals surface area contributed by atoms with Crippen LogP contribution in [0.3, 0.4) is 0 Å². The van der Waals surface area contributed by atoms with Gasteiger partial charge in [0.05, 0.1) is 5.56 Å². The fourth-order valence-corrected chi connectivity index (χ4v) is 3.99. The Morgan fingerprint density at radius 1 is 1.11 bits per heavy atom. The Kier molecular flexibility index (Phi) is 9.82. The fraction of sp³-hybridized carbons (Fsp3) is 0.393. The molecule has 0 aliphatic carbocycles. The van der Waals surface area contributed by atoms with Crippen molar-refractivity contribution < 1.29 is 23.8 Å². The summed E-state index contributed by atoms with van der Waals surface area (Å²) < 4.78 is 11.1. The summed E-state index contributed by atoms with van der Waals surface area (Å²) in [5, 5.41) is 13.8. The van der Waals surface area contributed by atoms with Crippen LogP contribution in [0.15, 0.2) is 45.6 Å². The van der Waals surface area contributed by atoms with E-state index in [1.807, 2.05) is 19.0 Å². The van der Waals surface area contributed by atoms with Gasteiger partial charge in [-0.1, -0.05) is 26.0 Å². The Morgan fingerprint density at radius 2 is 1.84 bits per heavy atom. The molecule has 0 atom stereocenters. The summed E-state index contributed by atoms with van der Waals surface area (Å²) in [6.45, 7) is 8.39. The maximum Gasteiger partial charge on any atom is 0.344 e. The Bertz CT molecular complexity index is 1280. The van der Waals surface area contributed by atoms with Crippen molar-refractivity contribution in [3.63, 3.8) is 0 Å². The van der Waals surface area contributed by atoms with Crippen LogP contribution < -0.4 is 15.7 Å². The lowest BCUT2D eigenvalue weighted by Gasteiger charge is -2.19. The SMILES string of the molecule is CCCN(CC)CCNC(=O)c1ccc(-c2cc3cc(OCCN(C)C)c(O)c(C=O)c3oc2=O)cc1. The molecular formula is C28H35N3O6. The second-order valence-electron chi connectivity index (χ2n) is 9.04. The monoisotopic (exact) mass is 509 g/mol. The van der Waals surface area contributed by atoms with Gasteiger partial charge in [0.15, 0.2) is 23.4 Å². The number of hydrogen-bond donors (Lipinski definition) is 2. The smallest absolute Gasteiger partial charge is 0.344 e. The van der Waals surface area contributed by atoms with Gasteiger partial charge in [0.25, 0.3) is 5.91 Å². The fourth-order valence-electron chi connectivity index (χ4n) is 3.99. The lowest BCUT2D eigenvalue weighted by molar-refractivity contribution is 0.0948. The van der Waals surface area contributed by atoms with E-state index in [2.05, 4.69) is 24.1 Å². The Hall–Kier alpha value is -3.69. The Balaban J connectivity index is 1.83. The van der Waals surface area contributed by atoms with Crippen LogP contribution >= 0.6 is 0 Å². The summed E-state index contributed by atoms with van der Waals surface area (Å²) >= 11 is 0. The molecule has 0 fully saturated rings. The lowest BCUT2D eigenvalue weighted by atomic mass is 10.0. The number of nitrogens with one attached hydrogen (secondary N) is 1. The standard InChI is InChI=1S/C28H35N3O6/c1-5-12-31(6-2)13-11-29-27(34)20-9-7-19(8-10-20)22-16-21-17-24(36-15-14-30(3)4)25(33)23(18-32)26(21)37-28(22)35/h7-10,16-18,33H,5-6,11-15H2,1-4H3,(H,29,34). The third-order valence-corrected chi connectivity index (χ3v) is 6.07. The summed E-state index contributed by atoms with van der Waals surface area (Å²) in [6.07, 6.45) is 1.50. The number of fused-ring (bicyclic) bond motifs is 1. The van der Waals surface area contributed by atoms with Crippen LogP contribution in [0, 0.1) is 0 Å². The van der Waals surface area contributed by atoms with Gasteiger partial charge in [0.1, 0.15) is 12.2 Å². The molecule has 0 bridgehead atoms. The van der Waals surface area contributed by atoms with Gasteiger partial charge in [0.2, 0.25) is 0 Å². The zero-order valence-electron chi connectivity index (χ0n) is 21.9. The van der Waals surface area contributed by atoms with E-state index < -0.39 is 5.63 Å². The van der Waals surface area contributed by atoms with E-state index in [0.29, 0.717) is 42.5 Å². The largest absolute Gasteiger partial charge is 0.504 e. The van der Waals surface area contributed by atoms with Crippen LogP contribution in [0.1, 0.15) is 41.0 Å². The average molecular weight is 510 g/mol. The summed E-state index contributed by atoms with van der Waals surface area (Å²) in [7, 11) is 3.79. The number of phenols is 1. The number of carbonyl (C=O) groups excluding carboxylic acids is 2. The molecule has 1 amide bonds. The van der Waals surface area contributed by atoms with Gasteiger partial charge in [-0.3, -0.25) is 9.59 Å². The van der Waals surface area contributed by atoms with Crippen LogP contribution in [0.2, 0.25) is 0 Å². The van der Waals surface area contributed by atoms with Gasteiger partial charge >= 0.3 is 5.63 Å². The highest BCUT2D eigenvalue weighted by molar-refractivity contribution is 6.00. The van der Waals surface area contributed by atoms with E-state index >= 15 is 0 Å². The van der Waals surface area contributed by atoms with Crippen LogP contribution in [0.25, 0.3) is 22.1 Å². The van der Waals surface area contributed by atoms with Crippen molar-refractivity contribution in [1.29, 1.82) is 0 Å². The third-order valence-electron chi connectivity index (χ3n) is 6.07. The van der Waals surface area contributed by atoms with Gasteiger partial charge in [0, 0.05) is 30.6 Å². The van der Waals surface area contributed by atoms with Crippen molar-refractivity contribution in [3.05, 3.63) is 57.9 Å². The summed E-state index contributed by atoms with van der Waals surface area (Å²) in [4.78, 5) is 41.2. The molecule has 1 aromatic heterocycles. The minimum Gasteiger partial charge on any atom is -0.504 e. The number of phenolic OH excluding ortho intramolecular Hbond substituents is 1. The molecule has 0 saturated heterocycles. The van der Waals surface area contributed by atoms with E-state index in [4.69, 9.17) is 9.15 Å². The highest BCUT2D eigenvalue weighted by Gasteiger charge is 2.18. The lowest BCUT2D eigenvalue weighted by Crippen LogP contribution is -2.35. The predicted molar refractivity (Wildman–Crippen MR) is 144 cm³/mol. The molecule has 2 N–H and O–H groups in total. The first kappa shape index (κ1) is 27.9. The summed E-state index contributed by atoms with van der Waals surface area (Å²) in [5.74, 6) is -0.427. The maximum atomic E-state index is 12.8. The minimum atomic E-state index is -0.663. The van der Waals surface area contributed by atoms with Gasteiger partial charge < -0.3 is 29.4 Å². The van der Waals surface area contributed by atoms with Crippen molar-refractivity contribution >= 4 is 23.2 Å². The molecule has 9 nitrogen and oxygen atoms in total. The molecule has 0 spiro atoms. The second-order valence-corrected chi connectivity index (χ2v) is 9.04. The van der Waals surface area contributed by atoms with Crippen molar-refractivity contribution in [3.8, 4) is 22.6 Å². The number of aromatic hydroxyl groups is 1. The third kappa shape index (κ3) is 6.96. The van der Waals surface area contributed by atoms with Gasteiger partial charge in [-0.15, -0.1) is 0 Å². The minimum absolute atomic E-state index is 0.0126.